The molecule has 0 amide bonds. The molecule has 2 aliphatic heterocycles. The Morgan fingerprint density at radius 2 is 2.24 bits per heavy atom. The maximum Gasteiger partial charge on any atom is 0.140 e. The minimum absolute atomic E-state index is 0.356. The van der Waals surface area contributed by atoms with Gasteiger partial charge in [0.1, 0.15) is 11.6 Å². The number of aromatic nitrogens is 3. The summed E-state index contributed by atoms with van der Waals surface area (Å²) in [4.78, 5) is 0. The van der Waals surface area contributed by atoms with Crippen LogP contribution < -0.4 is 5.32 Å². The van der Waals surface area contributed by atoms with Crippen LogP contribution in [0.5, 0.6) is 0 Å². The van der Waals surface area contributed by atoms with E-state index in [4.69, 9.17) is 4.74 Å². The Morgan fingerprint density at radius 3 is 3.06 bits per heavy atom. The molecule has 0 spiro atoms. The molecule has 3 heterocycles. The molecule has 3 rings (SSSR count). The first-order chi connectivity index (χ1) is 8.29. The van der Waals surface area contributed by atoms with E-state index < -0.39 is 0 Å². The average molecular weight is 236 g/mol. The predicted octanol–water partition coefficient (Wildman–Crippen LogP) is 0.562. The summed E-state index contributed by atoms with van der Waals surface area (Å²) in [5.74, 6) is 3.36. The van der Waals surface area contributed by atoms with Gasteiger partial charge in [0, 0.05) is 19.0 Å². The zero-order chi connectivity index (χ0) is 11.8. The Hall–Kier alpha value is -0.940. The summed E-state index contributed by atoms with van der Waals surface area (Å²) in [7, 11) is 1.99. The average Bonchev–Trinajstić information content (AvgIpc) is 2.92. The molecule has 0 aromatic carbocycles. The molecule has 0 saturated carbocycles. The van der Waals surface area contributed by atoms with Gasteiger partial charge in [0.05, 0.1) is 19.1 Å². The quantitative estimate of drug-likeness (QED) is 0.815. The molecule has 2 aliphatic rings. The lowest BCUT2D eigenvalue weighted by Gasteiger charge is -2.23. The summed E-state index contributed by atoms with van der Waals surface area (Å²) in [6.07, 6.45) is 2.29. The van der Waals surface area contributed by atoms with Gasteiger partial charge < -0.3 is 14.6 Å². The van der Waals surface area contributed by atoms with Crippen molar-refractivity contribution in [2.24, 2.45) is 5.92 Å². The second kappa shape index (κ2) is 4.38. The van der Waals surface area contributed by atoms with Crippen LogP contribution in [0.25, 0.3) is 0 Å². The molecular formula is C12H20N4O. The third-order valence-corrected chi connectivity index (χ3v) is 4.02. The first-order valence-corrected chi connectivity index (χ1v) is 6.46. The summed E-state index contributed by atoms with van der Waals surface area (Å²) in [5.41, 5.74) is 0. The molecule has 5 nitrogen and oxygen atoms in total. The molecule has 3 atom stereocenters. The topological polar surface area (TPSA) is 52.0 Å². The second-order valence-corrected chi connectivity index (χ2v) is 5.26. The number of nitrogens with one attached hydrogen (secondary N) is 1. The lowest BCUT2D eigenvalue weighted by Crippen LogP contribution is -2.33. The number of nitrogens with zero attached hydrogens (tertiary/aromatic N) is 3. The van der Waals surface area contributed by atoms with Crippen LogP contribution in [0.2, 0.25) is 0 Å². The van der Waals surface area contributed by atoms with Crippen molar-refractivity contribution in [3.05, 3.63) is 11.6 Å². The number of rotatable bonds is 2. The summed E-state index contributed by atoms with van der Waals surface area (Å²) >= 11 is 0. The van der Waals surface area contributed by atoms with Gasteiger partial charge in [-0.2, -0.15) is 0 Å². The van der Waals surface area contributed by atoms with Crippen molar-refractivity contribution in [2.75, 3.05) is 20.3 Å². The highest BCUT2D eigenvalue weighted by Gasteiger charge is 2.34. The predicted molar refractivity (Wildman–Crippen MR) is 63.9 cm³/mol. The van der Waals surface area contributed by atoms with Gasteiger partial charge in [0.15, 0.2) is 0 Å². The van der Waals surface area contributed by atoms with E-state index in [1.807, 2.05) is 7.05 Å². The highest BCUT2D eigenvalue weighted by Crippen LogP contribution is 2.28. The Morgan fingerprint density at radius 1 is 1.35 bits per heavy atom. The summed E-state index contributed by atoms with van der Waals surface area (Å²) in [5, 5.41) is 12.1. The monoisotopic (exact) mass is 236 g/mol. The third kappa shape index (κ3) is 1.87. The molecule has 1 N–H and O–H groups in total. The van der Waals surface area contributed by atoms with Gasteiger partial charge in [0.25, 0.3) is 0 Å². The van der Waals surface area contributed by atoms with Crippen molar-refractivity contribution >= 4 is 0 Å². The largest absolute Gasteiger partial charge is 0.379 e. The lowest BCUT2D eigenvalue weighted by molar-refractivity contribution is 0.187. The van der Waals surface area contributed by atoms with Gasteiger partial charge in [-0.05, 0) is 19.4 Å². The molecule has 1 fully saturated rings. The Bertz CT molecular complexity index is 403. The number of hydrogen-bond acceptors (Lipinski definition) is 4. The number of ether oxygens (including phenoxy) is 1. The molecule has 0 aliphatic carbocycles. The van der Waals surface area contributed by atoms with Crippen LogP contribution in [0.3, 0.4) is 0 Å². The lowest BCUT2D eigenvalue weighted by atomic mass is 9.98. The SMILES string of the molecule is CNC1COCC1c1nnc2n1CCC(C)C2. The van der Waals surface area contributed by atoms with Crippen LogP contribution in [0, 0.1) is 5.92 Å². The zero-order valence-electron chi connectivity index (χ0n) is 10.5. The fraction of sp³-hybridized carbons (Fsp3) is 0.833. The minimum Gasteiger partial charge on any atom is -0.379 e. The fourth-order valence-electron chi connectivity index (χ4n) is 2.87. The van der Waals surface area contributed by atoms with E-state index in [1.165, 1.54) is 6.42 Å². The van der Waals surface area contributed by atoms with Gasteiger partial charge in [-0.1, -0.05) is 6.92 Å². The van der Waals surface area contributed by atoms with Crippen molar-refractivity contribution in [1.82, 2.24) is 20.1 Å². The molecule has 1 saturated heterocycles. The van der Waals surface area contributed by atoms with Gasteiger partial charge in [0.2, 0.25) is 0 Å². The molecule has 0 bridgehead atoms. The van der Waals surface area contributed by atoms with Gasteiger partial charge in [-0.15, -0.1) is 10.2 Å². The van der Waals surface area contributed by atoms with Crippen LogP contribution in [0.4, 0.5) is 0 Å². The number of fused-ring (bicyclic) bond motifs is 1. The van der Waals surface area contributed by atoms with E-state index >= 15 is 0 Å². The zero-order valence-corrected chi connectivity index (χ0v) is 10.5. The molecule has 94 valence electrons. The molecule has 17 heavy (non-hydrogen) atoms. The van der Waals surface area contributed by atoms with Gasteiger partial charge in [-0.3, -0.25) is 0 Å². The summed E-state index contributed by atoms with van der Waals surface area (Å²) in [6, 6.07) is 0.377. The fourth-order valence-corrected chi connectivity index (χ4v) is 2.87. The highest BCUT2D eigenvalue weighted by atomic mass is 16.5. The molecule has 3 unspecified atom stereocenters. The number of likely N-dealkylation sites (N-methyl/N-ethyl adjacent to an activating group) is 1. The summed E-state index contributed by atoms with van der Waals surface area (Å²) < 4.78 is 7.86. The van der Waals surface area contributed by atoms with Crippen molar-refractivity contribution in [2.45, 2.75) is 38.3 Å². The molecule has 1 aromatic heterocycles. The highest BCUT2D eigenvalue weighted by molar-refractivity contribution is 5.10. The van der Waals surface area contributed by atoms with E-state index in [-0.39, 0.29) is 0 Å². The second-order valence-electron chi connectivity index (χ2n) is 5.26. The molecular weight excluding hydrogens is 216 g/mol. The van der Waals surface area contributed by atoms with E-state index in [1.54, 1.807) is 0 Å². The van der Waals surface area contributed by atoms with Crippen LogP contribution >= 0.6 is 0 Å². The first kappa shape index (κ1) is 11.2. The smallest absolute Gasteiger partial charge is 0.140 e. The third-order valence-electron chi connectivity index (χ3n) is 4.02. The van der Waals surface area contributed by atoms with E-state index in [9.17, 15) is 0 Å². The van der Waals surface area contributed by atoms with E-state index in [0.717, 1.165) is 43.7 Å². The van der Waals surface area contributed by atoms with Crippen molar-refractivity contribution < 1.29 is 4.74 Å². The first-order valence-electron chi connectivity index (χ1n) is 6.46. The molecule has 0 radical (unpaired) electrons. The van der Waals surface area contributed by atoms with Crippen LogP contribution in [-0.4, -0.2) is 41.1 Å². The maximum absolute atomic E-state index is 5.55. The van der Waals surface area contributed by atoms with E-state index in [2.05, 4.69) is 27.0 Å². The maximum atomic E-state index is 5.55. The standard InChI is InChI=1S/C12H20N4O/c1-8-3-4-16-11(5-8)14-15-12(16)9-6-17-7-10(9)13-2/h8-10,13H,3-7H2,1-2H3. The molecule has 5 heteroatoms. The normalized spacial score (nSPS) is 32.7. The Labute approximate surface area is 102 Å². The van der Waals surface area contributed by atoms with E-state index in [0.29, 0.717) is 12.0 Å². The van der Waals surface area contributed by atoms with Crippen LogP contribution in [0.15, 0.2) is 0 Å². The molecule has 1 aromatic rings. The summed E-state index contributed by atoms with van der Waals surface area (Å²) in [6.45, 7) is 4.89. The van der Waals surface area contributed by atoms with Crippen molar-refractivity contribution in [3.8, 4) is 0 Å². The van der Waals surface area contributed by atoms with Gasteiger partial charge in [-0.25, -0.2) is 0 Å². The Kier molecular flexibility index (Phi) is 2.88. The minimum atomic E-state index is 0.356. The van der Waals surface area contributed by atoms with Crippen LogP contribution in [-0.2, 0) is 17.7 Å². The van der Waals surface area contributed by atoms with Crippen molar-refractivity contribution in [3.63, 3.8) is 0 Å². The van der Waals surface area contributed by atoms with Crippen LogP contribution in [0.1, 0.15) is 30.9 Å². The van der Waals surface area contributed by atoms with Crippen molar-refractivity contribution in [1.29, 1.82) is 0 Å². The number of hydrogen-bond donors (Lipinski definition) is 1. The Balaban J connectivity index is 1.89. The van der Waals surface area contributed by atoms with Gasteiger partial charge >= 0.3 is 0 Å².